The Balaban J connectivity index is 1.59. The third-order valence-electron chi connectivity index (χ3n) is 9.94. The van der Waals surface area contributed by atoms with E-state index in [1.807, 2.05) is 0 Å². The van der Waals surface area contributed by atoms with Crippen molar-refractivity contribution in [2.75, 3.05) is 0 Å². The van der Waals surface area contributed by atoms with E-state index in [9.17, 15) is 14.7 Å². The maximum Gasteiger partial charge on any atom is 0.136 e. The van der Waals surface area contributed by atoms with Gasteiger partial charge in [0, 0.05) is 18.8 Å². The predicted octanol–water partition coefficient (Wildman–Crippen LogP) is 4.80. The Kier molecular flexibility index (Phi) is 5.06. The van der Waals surface area contributed by atoms with Crippen LogP contribution in [0.15, 0.2) is 0 Å². The Hall–Kier alpha value is -0.700. The molecule has 4 rings (SSSR count). The molecule has 0 aromatic rings. The van der Waals surface area contributed by atoms with E-state index in [0.717, 1.165) is 32.0 Å². The minimum atomic E-state index is -0.198. The van der Waals surface area contributed by atoms with Crippen molar-refractivity contribution < 1.29 is 14.7 Å². The number of hydrogen-bond donors (Lipinski definition) is 1. The van der Waals surface area contributed by atoms with E-state index >= 15 is 0 Å². The number of aldehydes is 1. The molecule has 9 atom stereocenters. The van der Waals surface area contributed by atoms with Gasteiger partial charge >= 0.3 is 0 Å². The summed E-state index contributed by atoms with van der Waals surface area (Å²) in [4.78, 5) is 24.2. The number of carbonyl (C=O) groups excluding carboxylic acids is 2. The highest BCUT2D eigenvalue weighted by Crippen LogP contribution is 2.67. The predicted molar refractivity (Wildman–Crippen MR) is 106 cm³/mol. The van der Waals surface area contributed by atoms with Gasteiger partial charge < -0.3 is 9.90 Å². The molecule has 0 saturated heterocycles. The molecule has 0 amide bonds. The summed E-state index contributed by atoms with van der Waals surface area (Å²) in [6.07, 6.45) is 10.9. The summed E-state index contributed by atoms with van der Waals surface area (Å²) in [6, 6.07) is 0. The molecule has 4 aliphatic carbocycles. The van der Waals surface area contributed by atoms with Gasteiger partial charge in [0.05, 0.1) is 6.10 Å². The van der Waals surface area contributed by atoms with Crippen molar-refractivity contribution in [3.05, 3.63) is 0 Å². The fourth-order valence-electron chi connectivity index (χ4n) is 8.42. The molecular formula is C24H38O3. The highest BCUT2D eigenvalue weighted by atomic mass is 16.3. The van der Waals surface area contributed by atoms with Crippen LogP contribution < -0.4 is 0 Å². The molecule has 3 heteroatoms. The zero-order valence-electron chi connectivity index (χ0n) is 17.5. The van der Waals surface area contributed by atoms with Crippen LogP contribution in [0.5, 0.6) is 0 Å². The summed E-state index contributed by atoms with van der Waals surface area (Å²) < 4.78 is 0. The number of carbonyl (C=O) groups is 2. The molecule has 1 N–H and O–H groups in total. The Morgan fingerprint density at radius 2 is 1.81 bits per heavy atom. The lowest BCUT2D eigenvalue weighted by Gasteiger charge is -2.60. The van der Waals surface area contributed by atoms with Gasteiger partial charge in [-0.25, -0.2) is 0 Å². The smallest absolute Gasteiger partial charge is 0.136 e. The van der Waals surface area contributed by atoms with E-state index in [2.05, 4.69) is 20.8 Å². The minimum Gasteiger partial charge on any atom is -0.393 e. The van der Waals surface area contributed by atoms with Gasteiger partial charge in [0.1, 0.15) is 12.1 Å². The fraction of sp³-hybridized carbons (Fsp3) is 0.917. The van der Waals surface area contributed by atoms with Gasteiger partial charge in [0.25, 0.3) is 0 Å². The summed E-state index contributed by atoms with van der Waals surface area (Å²) in [5, 5.41) is 10.2. The third-order valence-corrected chi connectivity index (χ3v) is 9.94. The SMILES string of the molecule is C[C@H](CCC=O)C1CCC2C3C(=O)CC4C[C@H](O)CC[C@]4(C)C3CC[C@@]21C. The molecule has 4 aliphatic rings. The monoisotopic (exact) mass is 374 g/mol. The first kappa shape index (κ1) is 19.6. The normalized spacial score (nSPS) is 50.4. The maximum atomic E-state index is 13.3. The van der Waals surface area contributed by atoms with Crippen LogP contribution in [0.3, 0.4) is 0 Å². The molecule has 3 nitrogen and oxygen atoms in total. The van der Waals surface area contributed by atoms with Crippen molar-refractivity contribution in [3.8, 4) is 0 Å². The summed E-state index contributed by atoms with van der Waals surface area (Å²) >= 11 is 0. The lowest BCUT2D eigenvalue weighted by atomic mass is 9.44. The molecule has 0 aromatic carbocycles. The van der Waals surface area contributed by atoms with E-state index in [0.29, 0.717) is 48.2 Å². The van der Waals surface area contributed by atoms with Crippen LogP contribution in [0.1, 0.15) is 85.0 Å². The van der Waals surface area contributed by atoms with Crippen LogP contribution >= 0.6 is 0 Å². The second-order valence-electron chi connectivity index (χ2n) is 11.0. The lowest BCUT2D eigenvalue weighted by molar-refractivity contribution is -0.160. The first-order valence-electron chi connectivity index (χ1n) is 11.5. The van der Waals surface area contributed by atoms with E-state index in [4.69, 9.17) is 0 Å². The molecule has 4 saturated carbocycles. The second-order valence-corrected chi connectivity index (χ2v) is 11.0. The molecule has 0 heterocycles. The quantitative estimate of drug-likeness (QED) is 0.719. The number of rotatable bonds is 4. The number of aliphatic hydroxyl groups is 1. The maximum absolute atomic E-state index is 13.3. The molecular weight excluding hydrogens is 336 g/mol. The van der Waals surface area contributed by atoms with Crippen LogP contribution in [-0.4, -0.2) is 23.3 Å². The summed E-state index contributed by atoms with van der Waals surface area (Å²) in [5.41, 5.74) is 0.525. The Morgan fingerprint density at radius 3 is 2.56 bits per heavy atom. The van der Waals surface area contributed by atoms with Gasteiger partial charge in [-0.15, -0.1) is 0 Å². The molecule has 0 radical (unpaired) electrons. The van der Waals surface area contributed by atoms with Gasteiger partial charge in [-0.2, -0.15) is 0 Å². The highest BCUT2D eigenvalue weighted by molar-refractivity contribution is 5.83. The molecule has 0 bridgehead atoms. The Bertz CT molecular complexity index is 600. The summed E-state index contributed by atoms with van der Waals surface area (Å²) in [5.74, 6) is 3.46. The number of Topliss-reactive ketones (excluding diaryl/α,β-unsaturated/α-hetero) is 1. The molecule has 152 valence electrons. The largest absolute Gasteiger partial charge is 0.393 e. The molecule has 4 fully saturated rings. The molecule has 0 aliphatic heterocycles. The van der Waals surface area contributed by atoms with Gasteiger partial charge in [-0.05, 0) is 91.8 Å². The van der Waals surface area contributed by atoms with Crippen LogP contribution in [0.25, 0.3) is 0 Å². The van der Waals surface area contributed by atoms with Crippen molar-refractivity contribution in [2.45, 2.75) is 91.1 Å². The zero-order valence-corrected chi connectivity index (χ0v) is 17.5. The standard InChI is InChI=1S/C24H38O3/c1-15(5-4-12-25)18-6-7-19-22-20(9-11-24(18,19)3)23(2)10-8-17(26)13-16(23)14-21(22)27/h12,15-20,22,26H,4-11,13-14H2,1-3H3/t15-,16?,17-,18?,19?,20?,22?,23+,24-/m1/s1. The molecule has 0 spiro atoms. The van der Waals surface area contributed by atoms with Crippen molar-refractivity contribution in [1.29, 1.82) is 0 Å². The first-order chi connectivity index (χ1) is 12.8. The number of hydrogen-bond acceptors (Lipinski definition) is 3. The van der Waals surface area contributed by atoms with Crippen LogP contribution in [0.2, 0.25) is 0 Å². The van der Waals surface area contributed by atoms with Crippen LogP contribution in [0.4, 0.5) is 0 Å². The number of aliphatic hydroxyl groups excluding tert-OH is 1. The van der Waals surface area contributed by atoms with Crippen molar-refractivity contribution in [2.24, 2.45) is 46.3 Å². The molecule has 27 heavy (non-hydrogen) atoms. The van der Waals surface area contributed by atoms with E-state index < -0.39 is 0 Å². The van der Waals surface area contributed by atoms with E-state index in [-0.39, 0.29) is 22.9 Å². The van der Waals surface area contributed by atoms with Crippen LogP contribution in [-0.2, 0) is 9.59 Å². The van der Waals surface area contributed by atoms with E-state index in [1.54, 1.807) is 0 Å². The van der Waals surface area contributed by atoms with Crippen molar-refractivity contribution >= 4 is 12.1 Å². The summed E-state index contributed by atoms with van der Waals surface area (Å²) in [6.45, 7) is 7.24. The second kappa shape index (κ2) is 6.97. The summed E-state index contributed by atoms with van der Waals surface area (Å²) in [7, 11) is 0. The number of ketones is 1. The topological polar surface area (TPSA) is 54.4 Å². The first-order valence-corrected chi connectivity index (χ1v) is 11.5. The Morgan fingerprint density at radius 1 is 1.11 bits per heavy atom. The van der Waals surface area contributed by atoms with Gasteiger partial charge in [0.15, 0.2) is 0 Å². The fourth-order valence-corrected chi connectivity index (χ4v) is 8.42. The average Bonchev–Trinajstić information content (AvgIpc) is 2.98. The lowest BCUT2D eigenvalue weighted by Crippen LogP contribution is -2.57. The minimum absolute atomic E-state index is 0.198. The van der Waals surface area contributed by atoms with Crippen molar-refractivity contribution in [3.63, 3.8) is 0 Å². The molecule has 5 unspecified atom stereocenters. The number of fused-ring (bicyclic) bond motifs is 5. The van der Waals surface area contributed by atoms with Crippen molar-refractivity contribution in [1.82, 2.24) is 0 Å². The van der Waals surface area contributed by atoms with Crippen LogP contribution in [0, 0.1) is 46.3 Å². The van der Waals surface area contributed by atoms with Gasteiger partial charge in [0.2, 0.25) is 0 Å². The van der Waals surface area contributed by atoms with Gasteiger partial charge in [-0.1, -0.05) is 20.8 Å². The highest BCUT2D eigenvalue weighted by Gasteiger charge is 2.62. The zero-order chi connectivity index (χ0) is 19.4. The third kappa shape index (κ3) is 2.94. The van der Waals surface area contributed by atoms with E-state index in [1.165, 1.54) is 25.7 Å². The van der Waals surface area contributed by atoms with Gasteiger partial charge in [-0.3, -0.25) is 4.79 Å². The Labute approximate surface area is 164 Å². The molecule has 0 aromatic heterocycles. The average molecular weight is 375 g/mol.